The van der Waals surface area contributed by atoms with Crippen LogP contribution in [0.2, 0.25) is 10.0 Å². The lowest BCUT2D eigenvalue weighted by atomic mass is 10.2. The van der Waals surface area contributed by atoms with Gasteiger partial charge >= 0.3 is 0 Å². The van der Waals surface area contributed by atoms with Crippen molar-refractivity contribution >= 4 is 40.5 Å². The number of rotatable bonds is 8. The zero-order chi connectivity index (χ0) is 24.1. The van der Waals surface area contributed by atoms with Crippen LogP contribution >= 0.6 is 23.2 Å². The van der Waals surface area contributed by atoms with Crippen LogP contribution in [0, 0.1) is 10.1 Å². The van der Waals surface area contributed by atoms with Gasteiger partial charge in [0.25, 0.3) is 11.6 Å². The van der Waals surface area contributed by atoms with Crippen LogP contribution in [0.25, 0.3) is 0 Å². The molecule has 0 aliphatic carbocycles. The highest BCUT2D eigenvalue weighted by atomic mass is 35.5. The van der Waals surface area contributed by atoms with Gasteiger partial charge in [0.15, 0.2) is 12.4 Å². The first-order valence-corrected chi connectivity index (χ1v) is 10.4. The minimum absolute atomic E-state index is 0.0206. The molecule has 0 fully saturated rings. The summed E-state index contributed by atoms with van der Waals surface area (Å²) in [6.45, 7) is -0.0206. The molecule has 12 heteroatoms. The number of hydrogen-bond donors (Lipinski definition) is 1. The number of halogens is 2. The summed E-state index contributed by atoms with van der Waals surface area (Å²) in [7, 11) is 0. The minimum Gasteiger partial charge on any atom is -0.470 e. The molecule has 4 rings (SSSR count). The molecule has 0 atom stereocenters. The molecule has 2 aromatic heterocycles. The molecule has 0 saturated heterocycles. The number of benzene rings is 2. The number of non-ortho nitro benzene ring substituents is 1. The van der Waals surface area contributed by atoms with Crippen molar-refractivity contribution in [1.82, 2.24) is 14.8 Å². The lowest BCUT2D eigenvalue weighted by Crippen LogP contribution is -2.14. The smallest absolute Gasteiger partial charge is 0.276 e. The van der Waals surface area contributed by atoms with E-state index in [1.807, 2.05) is 0 Å². The van der Waals surface area contributed by atoms with E-state index in [2.05, 4.69) is 15.4 Å². The van der Waals surface area contributed by atoms with E-state index in [0.717, 1.165) is 0 Å². The second-order valence-electron chi connectivity index (χ2n) is 6.78. The van der Waals surface area contributed by atoms with Gasteiger partial charge in [0.05, 0.1) is 27.9 Å². The maximum atomic E-state index is 12.7. The molecule has 2 heterocycles. The van der Waals surface area contributed by atoms with Gasteiger partial charge in [-0.2, -0.15) is 5.10 Å². The number of aromatic nitrogens is 3. The van der Waals surface area contributed by atoms with Crippen LogP contribution in [0.4, 0.5) is 11.4 Å². The van der Waals surface area contributed by atoms with Gasteiger partial charge in [0.2, 0.25) is 0 Å². The van der Waals surface area contributed by atoms with Crippen LogP contribution in [-0.2, 0) is 6.73 Å². The number of nitrogens with zero attached hydrogens (tertiary/aromatic N) is 4. The van der Waals surface area contributed by atoms with Gasteiger partial charge in [0, 0.05) is 24.5 Å². The molecule has 10 nitrogen and oxygen atoms in total. The topological polar surface area (TPSA) is 121 Å². The van der Waals surface area contributed by atoms with Gasteiger partial charge < -0.3 is 14.8 Å². The fraction of sp³-hybridized carbons (Fsp3) is 0.0455. The number of nitro groups is 1. The van der Waals surface area contributed by atoms with Gasteiger partial charge in [-0.05, 0) is 30.3 Å². The summed E-state index contributed by atoms with van der Waals surface area (Å²) in [5, 5.41) is 18.7. The largest absolute Gasteiger partial charge is 0.470 e. The molecule has 0 radical (unpaired) electrons. The van der Waals surface area contributed by atoms with E-state index in [9.17, 15) is 14.9 Å². The van der Waals surface area contributed by atoms with Crippen molar-refractivity contribution in [3.8, 4) is 17.2 Å². The molecular formula is C22H15Cl2N5O5. The van der Waals surface area contributed by atoms with E-state index >= 15 is 0 Å². The van der Waals surface area contributed by atoms with E-state index in [0.29, 0.717) is 16.5 Å². The molecule has 4 aromatic rings. The Labute approximate surface area is 202 Å². The van der Waals surface area contributed by atoms with Gasteiger partial charge in [-0.25, -0.2) is 4.68 Å². The monoisotopic (exact) mass is 499 g/mol. The molecule has 1 amide bonds. The Balaban J connectivity index is 1.46. The third-order valence-corrected chi connectivity index (χ3v) is 5.17. The van der Waals surface area contributed by atoms with E-state index in [1.165, 1.54) is 41.3 Å². The number of ether oxygens (including phenoxy) is 2. The summed E-state index contributed by atoms with van der Waals surface area (Å²) in [5.74, 6) is 0.342. The first-order chi connectivity index (χ1) is 16.4. The summed E-state index contributed by atoms with van der Waals surface area (Å²) >= 11 is 12.1. The molecule has 2 aromatic carbocycles. The molecule has 0 aliphatic heterocycles. The number of carbonyl (C=O) groups excluding carboxylic acids is 1. The maximum absolute atomic E-state index is 12.7. The summed E-state index contributed by atoms with van der Waals surface area (Å²) in [4.78, 5) is 27.3. The molecular weight excluding hydrogens is 485 g/mol. The van der Waals surface area contributed by atoms with Crippen molar-refractivity contribution in [2.75, 3.05) is 5.32 Å². The standard InChI is InChI=1S/C22H15Cl2N5O5/c23-18-4-1-5-20(21(18)24)33-13-28-8-6-19(27-28)22(30)26-14-9-15(29(31)32)11-17(10-14)34-16-3-2-7-25-12-16/h1-12H,13H2,(H,26,30). The Morgan fingerprint density at radius 1 is 1.12 bits per heavy atom. The van der Waals surface area contributed by atoms with Crippen LogP contribution in [0.15, 0.2) is 73.2 Å². The Morgan fingerprint density at radius 2 is 1.97 bits per heavy atom. The highest BCUT2D eigenvalue weighted by molar-refractivity contribution is 6.42. The molecule has 0 saturated carbocycles. The Bertz CT molecular complexity index is 1350. The van der Waals surface area contributed by atoms with Gasteiger partial charge in [-0.1, -0.05) is 29.3 Å². The van der Waals surface area contributed by atoms with Crippen molar-refractivity contribution < 1.29 is 19.2 Å². The zero-order valence-electron chi connectivity index (χ0n) is 17.2. The fourth-order valence-electron chi connectivity index (χ4n) is 2.84. The number of anilines is 1. The molecule has 1 N–H and O–H groups in total. The van der Waals surface area contributed by atoms with Crippen LogP contribution in [0.1, 0.15) is 10.5 Å². The number of hydrogen-bond acceptors (Lipinski definition) is 7. The third kappa shape index (κ3) is 5.61. The fourth-order valence-corrected chi connectivity index (χ4v) is 3.19. The molecule has 0 spiro atoms. The number of carbonyl (C=O) groups is 1. The van der Waals surface area contributed by atoms with Gasteiger partial charge in [0.1, 0.15) is 22.3 Å². The zero-order valence-corrected chi connectivity index (χ0v) is 18.7. The molecule has 172 valence electrons. The highest BCUT2D eigenvalue weighted by Gasteiger charge is 2.16. The third-order valence-electron chi connectivity index (χ3n) is 4.37. The van der Waals surface area contributed by atoms with Crippen molar-refractivity contribution in [3.63, 3.8) is 0 Å². The molecule has 0 unspecified atom stereocenters. The maximum Gasteiger partial charge on any atom is 0.276 e. The number of amides is 1. The average molecular weight is 500 g/mol. The van der Waals surface area contributed by atoms with Crippen LogP contribution < -0.4 is 14.8 Å². The normalized spacial score (nSPS) is 10.5. The summed E-state index contributed by atoms with van der Waals surface area (Å²) in [6, 6.07) is 13.7. The van der Waals surface area contributed by atoms with E-state index in [4.69, 9.17) is 32.7 Å². The van der Waals surface area contributed by atoms with Crippen molar-refractivity contribution in [3.05, 3.63) is 99.0 Å². The first kappa shape index (κ1) is 23.0. The quantitative estimate of drug-likeness (QED) is 0.248. The first-order valence-electron chi connectivity index (χ1n) is 9.68. The second-order valence-corrected chi connectivity index (χ2v) is 7.57. The molecule has 0 aliphatic rings. The minimum atomic E-state index is -0.585. The SMILES string of the molecule is O=C(Nc1cc(Oc2cccnc2)cc([N+](=O)[O-])c1)c1ccn(COc2cccc(Cl)c2Cl)n1. The lowest BCUT2D eigenvalue weighted by molar-refractivity contribution is -0.384. The summed E-state index contributed by atoms with van der Waals surface area (Å²) < 4.78 is 12.6. The van der Waals surface area contributed by atoms with Crippen molar-refractivity contribution in [1.29, 1.82) is 0 Å². The van der Waals surface area contributed by atoms with Crippen molar-refractivity contribution in [2.45, 2.75) is 6.73 Å². The van der Waals surface area contributed by atoms with E-state index < -0.39 is 10.8 Å². The van der Waals surface area contributed by atoms with Gasteiger partial charge in [-0.3, -0.25) is 19.9 Å². The highest BCUT2D eigenvalue weighted by Crippen LogP contribution is 2.32. The van der Waals surface area contributed by atoms with Crippen LogP contribution in [0.5, 0.6) is 17.2 Å². The predicted molar refractivity (Wildman–Crippen MR) is 125 cm³/mol. The van der Waals surface area contributed by atoms with E-state index in [1.54, 1.807) is 36.5 Å². The Hall–Kier alpha value is -4.15. The van der Waals surface area contributed by atoms with Crippen LogP contribution in [0.3, 0.4) is 0 Å². The van der Waals surface area contributed by atoms with Gasteiger partial charge in [-0.15, -0.1) is 0 Å². The second kappa shape index (κ2) is 10.2. The van der Waals surface area contributed by atoms with E-state index in [-0.39, 0.29) is 34.6 Å². The Kier molecular flexibility index (Phi) is 6.90. The average Bonchev–Trinajstić information content (AvgIpc) is 3.30. The van der Waals surface area contributed by atoms with Crippen LogP contribution in [-0.4, -0.2) is 25.6 Å². The lowest BCUT2D eigenvalue weighted by Gasteiger charge is -2.09. The van der Waals surface area contributed by atoms with Crippen molar-refractivity contribution in [2.24, 2.45) is 0 Å². The number of nitrogens with one attached hydrogen (secondary N) is 1. The Morgan fingerprint density at radius 3 is 2.74 bits per heavy atom. The molecule has 34 heavy (non-hydrogen) atoms. The predicted octanol–water partition coefficient (Wildman–Crippen LogP) is 5.57. The summed E-state index contributed by atoms with van der Waals surface area (Å²) in [6.07, 6.45) is 4.57. The molecule has 0 bridgehead atoms. The number of pyridine rings is 1. The summed E-state index contributed by atoms with van der Waals surface area (Å²) in [5.41, 5.74) is -0.0226. The number of nitro benzene ring substituents is 1.